The molecule has 5 aromatic carbocycles. The van der Waals surface area contributed by atoms with Crippen molar-refractivity contribution in [3.05, 3.63) is 278 Å². The summed E-state index contributed by atoms with van der Waals surface area (Å²) in [4.78, 5) is 40.3. The third-order valence-corrected chi connectivity index (χ3v) is 9.00. The van der Waals surface area contributed by atoms with Crippen molar-refractivity contribution in [3.8, 4) is 0 Å². The first kappa shape index (κ1) is 102. The van der Waals surface area contributed by atoms with E-state index in [0.717, 1.165) is 12.1 Å². The number of pyridine rings is 2. The summed E-state index contributed by atoms with van der Waals surface area (Å²) in [5.41, 5.74) is 55.2. The van der Waals surface area contributed by atoms with Crippen LogP contribution in [0, 0.1) is 55.1 Å². The molecule has 2 aromatic heterocycles. The molecule has 0 radical (unpaired) electrons. The Balaban J connectivity index is -0.000000192. The molecule has 0 unspecified atom stereocenters. The lowest BCUT2D eigenvalue weighted by Gasteiger charge is -2.06. The smallest absolute Gasteiger partial charge is 0.278 e. The number of halogens is 9. The van der Waals surface area contributed by atoms with Crippen LogP contribution in [-0.2, 0) is 13.5 Å². The minimum atomic E-state index is -1.68. The molecule has 534 valence electrons. The summed E-state index contributed by atoms with van der Waals surface area (Å²) >= 11 is 11.3. The number of rotatable bonds is 10. The third kappa shape index (κ3) is 51.2. The Labute approximate surface area is 596 Å². The second-order valence-electron chi connectivity index (χ2n) is 17.6. The average Bonchev–Trinajstić information content (AvgIpc) is 0.797. The van der Waals surface area contributed by atoms with E-state index in [4.69, 9.17) is 61.9 Å². The van der Waals surface area contributed by atoms with E-state index < -0.39 is 61.7 Å². The summed E-state index contributed by atoms with van der Waals surface area (Å²) in [6, 6.07) is 26.0. The van der Waals surface area contributed by atoms with Gasteiger partial charge in [0.05, 0.1) is 25.6 Å². The van der Waals surface area contributed by atoms with Gasteiger partial charge < -0.3 is 24.0 Å². The van der Waals surface area contributed by atoms with Crippen LogP contribution in [0.2, 0.25) is 10.0 Å². The van der Waals surface area contributed by atoms with E-state index in [9.17, 15) is 46.6 Å². The van der Waals surface area contributed by atoms with Crippen molar-refractivity contribution in [1.82, 2.24) is 4.98 Å². The van der Waals surface area contributed by atoms with Gasteiger partial charge in [-0.25, -0.2) is 30.9 Å². The zero-order valence-electron chi connectivity index (χ0n) is 56.9. The van der Waals surface area contributed by atoms with Crippen molar-refractivity contribution in [2.24, 2.45) is 42.8 Å². The Morgan fingerprint density at radius 2 is 0.758 bits per heavy atom. The Hall–Kier alpha value is -10.7. The Morgan fingerprint density at radius 3 is 1.11 bits per heavy atom. The van der Waals surface area contributed by atoms with Crippen molar-refractivity contribution in [2.75, 3.05) is 0 Å². The number of nitro benzene ring substituents is 2. The second kappa shape index (κ2) is 70.1. The largest absolute Gasteiger partial charge is 1.00 e. The van der Waals surface area contributed by atoms with Crippen LogP contribution in [0.1, 0.15) is 134 Å². The number of nitrogens with zero attached hydrogens (tertiary/aromatic N) is 25. The zero-order chi connectivity index (χ0) is 76.2. The van der Waals surface area contributed by atoms with Crippen LogP contribution in [0.15, 0.2) is 170 Å². The molecule has 0 amide bonds. The molecule has 38 heteroatoms. The molecule has 7 aromatic rings. The first-order valence-corrected chi connectivity index (χ1v) is 30.0. The number of aromatic nitrogens is 2. The van der Waals surface area contributed by atoms with Gasteiger partial charge in [-0.15, -0.1) is 0 Å². The first-order valence-electron chi connectivity index (χ1n) is 29.2. The normalized spacial score (nSPS) is 8.26. The molecule has 2 heterocycles. The molecule has 7 rings (SSSR count). The number of nitro groups is 2. The van der Waals surface area contributed by atoms with Crippen LogP contribution in [0.25, 0.3) is 73.1 Å². The fraction of sp³-hybridized carbons (Fsp3) is 0.344. The topological polar surface area (TPSA) is 444 Å². The molecule has 0 saturated carbocycles. The molecule has 0 aliphatic carbocycles. The van der Waals surface area contributed by atoms with Crippen LogP contribution in [0.3, 0.4) is 0 Å². The summed E-state index contributed by atoms with van der Waals surface area (Å²) in [5, 5.41) is 43.1. The van der Waals surface area contributed by atoms with Gasteiger partial charge in [0.1, 0.15) is 35.7 Å². The minimum Gasteiger partial charge on any atom is -1.00 e. The van der Waals surface area contributed by atoms with Gasteiger partial charge in [-0.05, 0) is 99.7 Å². The maximum absolute atomic E-state index is 13.1. The van der Waals surface area contributed by atoms with Crippen molar-refractivity contribution >= 4 is 74.4 Å². The van der Waals surface area contributed by atoms with Gasteiger partial charge in [0, 0.05) is 99.7 Å². The number of hydrogen-bond acceptors (Lipinski definition) is 12. The highest BCUT2D eigenvalue weighted by molar-refractivity contribution is 6.38. The molecular formula is C61H78Cl2F6IN25O4. The number of azide groups is 7. The van der Waals surface area contributed by atoms with Crippen LogP contribution in [0.4, 0.5) is 77.5 Å². The van der Waals surface area contributed by atoms with E-state index in [1.807, 2.05) is 24.0 Å². The monoisotopic (exact) mass is 1540 g/mol. The molecule has 0 saturated heterocycles. The Bertz CT molecular complexity index is 3550. The van der Waals surface area contributed by atoms with Gasteiger partial charge >= 0.3 is 0 Å². The summed E-state index contributed by atoms with van der Waals surface area (Å²) in [6.07, 6.45) is 14.1. The van der Waals surface area contributed by atoms with E-state index in [-0.39, 0.29) is 53.1 Å². The molecule has 0 aliphatic heterocycles. The van der Waals surface area contributed by atoms with E-state index in [2.05, 4.69) is 158 Å². The molecule has 0 bridgehead atoms. The molecule has 0 spiro atoms. The van der Waals surface area contributed by atoms with Gasteiger partial charge in [-0.3, -0.25) is 25.2 Å². The summed E-state index contributed by atoms with van der Waals surface area (Å²) in [6.45, 7) is 26.8. The fourth-order valence-electron chi connectivity index (χ4n) is 4.88. The number of benzene rings is 5. The van der Waals surface area contributed by atoms with Crippen LogP contribution in [0.5, 0.6) is 0 Å². The minimum absolute atomic E-state index is 0. The molecule has 99 heavy (non-hydrogen) atoms. The molecule has 29 nitrogen and oxygen atoms in total. The van der Waals surface area contributed by atoms with Gasteiger partial charge in [0.15, 0.2) is 35.7 Å². The predicted molar refractivity (Wildman–Crippen MR) is 374 cm³/mol. The second-order valence-corrected chi connectivity index (χ2v) is 18.4. The molecule has 0 aliphatic rings. The van der Waals surface area contributed by atoms with Crippen LogP contribution < -0.4 is 28.5 Å². The molecule has 0 fully saturated rings. The van der Waals surface area contributed by atoms with Crippen LogP contribution in [-0.4, -0.2) is 14.8 Å². The number of aryl methyl sites for hydroxylation is 1. The lowest BCUT2D eigenvalue weighted by atomic mass is 10.1. The highest BCUT2D eigenvalue weighted by Gasteiger charge is 2.23. The van der Waals surface area contributed by atoms with Gasteiger partial charge in [-0.2, -0.15) is 0 Å². The van der Waals surface area contributed by atoms with Gasteiger partial charge in [-0.1, -0.05) is 212 Å². The maximum atomic E-state index is 13.1. The molecule has 0 N–H and O–H groups in total. The average molecular weight is 1540 g/mol. The number of hydrogen-bond donors (Lipinski definition) is 0. The number of non-ortho nitro benzene ring substituents is 1. The van der Waals surface area contributed by atoms with Crippen LogP contribution >= 0.6 is 23.2 Å². The fourth-order valence-corrected chi connectivity index (χ4v) is 5.36. The van der Waals surface area contributed by atoms with E-state index >= 15 is 0 Å². The SMILES string of the molecule is CCC.CCC.CCC.CCC.CCC.CCC.CCc1c(F)c(F)c(N=[N+]=[N-])c(F)c1F.C[n+]1ccc(N=[N+]=[N-])cc1.[I-].[N-]=[N+]=Nc1c(Cl)cccc1Cl.[N-]=[N+]=Nc1c(F)cccc1F.[N-]=[N+]=Nc1ccc([N+](=O)[O-])cc1.[N-]=[N+]=Nc1ccccc1[N+](=O)[O-].[N-]=[N+]=Nc1ccncc1. The van der Waals surface area contributed by atoms with Crippen molar-refractivity contribution < 1.29 is 64.7 Å². The first-order chi connectivity index (χ1) is 46.8. The highest BCUT2D eigenvalue weighted by atomic mass is 127. The van der Waals surface area contributed by atoms with E-state index in [1.54, 1.807) is 60.9 Å². The lowest BCUT2D eigenvalue weighted by molar-refractivity contribution is -0.671. The van der Waals surface area contributed by atoms with Crippen molar-refractivity contribution in [1.29, 1.82) is 0 Å². The quantitative estimate of drug-likeness (QED) is 0.0148. The van der Waals surface area contributed by atoms with Crippen molar-refractivity contribution in [2.45, 2.75) is 135 Å². The van der Waals surface area contributed by atoms with E-state index in [0.29, 0.717) is 27.1 Å². The molecule has 0 atom stereocenters. The number of para-hydroxylation sites is 1. The Kier molecular flexibility index (Phi) is 72.0. The predicted octanol–water partition coefficient (Wildman–Crippen LogP) is 24.6. The third-order valence-electron chi connectivity index (χ3n) is 8.39. The molecular weight excluding hydrogens is 1460 g/mol. The summed E-state index contributed by atoms with van der Waals surface area (Å²) in [7, 11) is 1.90. The standard InChI is InChI=1S/C8H5F4N3.C6H3Cl2N3.C6H3F2N3.2C6H4N4O2.C6H7N4.C5H4N4.6C3H8.HI/c1-2-3-4(9)6(11)8(14-15-13)7(12)5(3)10;2*7-4-2-1-3-5(8)6(4)10-11-9;7-9-8-5-1-3-6(4-2-5)10(11)12;7-9-8-5-3-1-2-4-6(5)10(11)12;1-10-4-2-6(3-5-10)8-9-7;6-9-8-5-1-3-7-4-2-5;6*1-3-2;/h2H2,1H3;2*1-3H;2*1-4H;2-5H,1H3;1-4H;6*3H2,1-2H3;1H/q;;;;;+1;;;;;;;;/p-1. The van der Waals surface area contributed by atoms with Crippen molar-refractivity contribution in [3.63, 3.8) is 0 Å². The van der Waals surface area contributed by atoms with E-state index in [1.165, 1.54) is 94.0 Å². The van der Waals surface area contributed by atoms with Gasteiger partial charge in [0.2, 0.25) is 0 Å². The maximum Gasteiger partial charge on any atom is 0.278 e. The Morgan fingerprint density at radius 1 is 0.424 bits per heavy atom. The summed E-state index contributed by atoms with van der Waals surface area (Å²) in [5.74, 6) is -8.13. The zero-order valence-corrected chi connectivity index (χ0v) is 60.5. The lowest BCUT2D eigenvalue weighted by Crippen LogP contribution is -3.00. The highest BCUT2D eigenvalue weighted by Crippen LogP contribution is 2.33. The van der Waals surface area contributed by atoms with Gasteiger partial charge in [0.25, 0.3) is 11.4 Å². The summed E-state index contributed by atoms with van der Waals surface area (Å²) < 4.78 is 79.1.